The second-order valence-corrected chi connectivity index (χ2v) is 15.4. The summed E-state index contributed by atoms with van der Waals surface area (Å²) in [5.74, 6) is 0. The Morgan fingerprint density at radius 1 is 0.925 bits per heavy atom. The molecular formula is C30H34N5O3PS. The Morgan fingerprint density at radius 2 is 1.57 bits per heavy atom. The highest BCUT2D eigenvalue weighted by atomic mass is 32.2. The van der Waals surface area contributed by atoms with E-state index in [0.717, 1.165) is 27.9 Å². The zero-order valence-corrected chi connectivity index (χ0v) is 24.9. The first kappa shape index (κ1) is 27.0. The van der Waals surface area contributed by atoms with Crippen molar-refractivity contribution >= 4 is 35.0 Å². The van der Waals surface area contributed by atoms with E-state index >= 15 is 0 Å². The van der Waals surface area contributed by atoms with E-state index in [1.165, 1.54) is 5.56 Å². The van der Waals surface area contributed by atoms with E-state index < -0.39 is 22.8 Å². The van der Waals surface area contributed by atoms with E-state index in [1.54, 1.807) is 12.1 Å². The van der Waals surface area contributed by atoms with Gasteiger partial charge in [-0.15, -0.1) is 4.15 Å². The normalized spacial score (nSPS) is 24.4. The zero-order chi connectivity index (χ0) is 28.1. The van der Waals surface area contributed by atoms with Crippen LogP contribution in [0.15, 0.2) is 104 Å². The molecule has 3 aromatic carbocycles. The molecule has 0 spiro atoms. The van der Waals surface area contributed by atoms with E-state index in [2.05, 4.69) is 48.7 Å². The van der Waals surface area contributed by atoms with Crippen LogP contribution in [0.5, 0.6) is 0 Å². The third-order valence-electron chi connectivity index (χ3n) is 7.89. The van der Waals surface area contributed by atoms with Gasteiger partial charge in [0.25, 0.3) is 10.0 Å². The zero-order valence-electron chi connectivity index (χ0n) is 23.2. The Balaban J connectivity index is 1.70. The number of hydrazone groups is 1. The molecule has 1 fully saturated rings. The van der Waals surface area contributed by atoms with Gasteiger partial charge in [-0.2, -0.15) is 13.5 Å². The van der Waals surface area contributed by atoms with Crippen LogP contribution in [-0.4, -0.2) is 52.7 Å². The summed E-state index contributed by atoms with van der Waals surface area (Å²) < 4.78 is 43.3. The number of rotatable bonds is 4. The predicted molar refractivity (Wildman–Crippen MR) is 162 cm³/mol. The third-order valence-corrected chi connectivity index (χ3v) is 13.6. The Kier molecular flexibility index (Phi) is 6.74. The van der Waals surface area contributed by atoms with Crippen LogP contribution in [0.25, 0.3) is 0 Å². The quantitative estimate of drug-likeness (QED) is 0.345. The number of allylic oxidation sites excluding steroid dienone is 2. The lowest BCUT2D eigenvalue weighted by molar-refractivity contribution is 0.0743. The van der Waals surface area contributed by atoms with Crippen LogP contribution in [0, 0.1) is 6.92 Å². The molecule has 10 heteroatoms. The molecule has 0 N–H and O–H groups in total. The second-order valence-electron chi connectivity index (χ2n) is 10.8. The van der Waals surface area contributed by atoms with Gasteiger partial charge in [0, 0.05) is 36.9 Å². The van der Waals surface area contributed by atoms with Gasteiger partial charge in [-0.3, -0.25) is 0 Å². The minimum absolute atomic E-state index is 0.178. The number of aryl methyl sites for hydroxylation is 1. The second kappa shape index (κ2) is 10.00. The maximum Gasteiger partial charge on any atom is 0.284 e. The molecule has 40 heavy (non-hydrogen) atoms. The molecule has 208 valence electrons. The van der Waals surface area contributed by atoms with Crippen LogP contribution in [0.3, 0.4) is 0 Å². The average Bonchev–Trinajstić information content (AvgIpc) is 3.41. The van der Waals surface area contributed by atoms with Crippen LogP contribution in [0.1, 0.15) is 25.0 Å². The Morgan fingerprint density at radius 3 is 2.25 bits per heavy atom. The van der Waals surface area contributed by atoms with Gasteiger partial charge in [-0.05, 0) is 42.8 Å². The smallest absolute Gasteiger partial charge is 0.284 e. The summed E-state index contributed by atoms with van der Waals surface area (Å²) in [4.78, 5) is 2.37. The molecule has 3 aromatic rings. The standard InChI is InChI=1S/C30H34N5O3PS/c1-23-14-16-25(17-15-23)40(36,37)32-39(34-18-20-38-21-19-34)28(22-31-35(39)24-10-6-5-7-11-24)29-30(2,3)26-12-8-9-13-27(26)33(29)4/h5-17,22H,18-21H2,1-4H3/b29-28+/t39-/m1/s1. The van der Waals surface area contributed by atoms with Gasteiger partial charge >= 0.3 is 0 Å². The molecule has 0 bridgehead atoms. The van der Waals surface area contributed by atoms with Crippen molar-refractivity contribution in [1.82, 2.24) is 4.67 Å². The van der Waals surface area contributed by atoms with Crippen molar-refractivity contribution in [3.05, 3.63) is 101 Å². The Bertz CT molecular complexity index is 1660. The fourth-order valence-electron chi connectivity index (χ4n) is 5.95. The van der Waals surface area contributed by atoms with Crippen LogP contribution < -0.4 is 9.68 Å². The molecule has 3 aliphatic heterocycles. The van der Waals surface area contributed by atoms with Crippen molar-refractivity contribution in [1.29, 1.82) is 0 Å². The van der Waals surface area contributed by atoms with Crippen LogP contribution in [0.2, 0.25) is 0 Å². The van der Waals surface area contributed by atoms with Gasteiger partial charge in [0.05, 0.1) is 35.3 Å². The van der Waals surface area contributed by atoms with Crippen LogP contribution in [0.4, 0.5) is 11.4 Å². The molecule has 0 aromatic heterocycles. The first-order valence-corrected chi connectivity index (χ1v) is 16.5. The van der Waals surface area contributed by atoms with Gasteiger partial charge < -0.3 is 9.64 Å². The van der Waals surface area contributed by atoms with Gasteiger partial charge in [0.15, 0.2) is 7.36 Å². The summed E-state index contributed by atoms with van der Waals surface area (Å²) in [6.45, 7) is 8.40. The van der Waals surface area contributed by atoms with Crippen molar-refractivity contribution in [3.8, 4) is 0 Å². The van der Waals surface area contributed by atoms with Gasteiger partial charge in [-0.1, -0.05) is 67.9 Å². The molecule has 0 saturated carbocycles. The third kappa shape index (κ3) is 4.23. The molecule has 1 atom stereocenters. The van der Waals surface area contributed by atoms with Gasteiger partial charge in [0.1, 0.15) is 0 Å². The average molecular weight is 576 g/mol. The van der Waals surface area contributed by atoms with E-state index in [1.807, 2.05) is 66.4 Å². The summed E-state index contributed by atoms with van der Waals surface area (Å²) in [5.41, 5.74) is 4.68. The number of hydrogen-bond donors (Lipinski definition) is 0. The molecule has 0 aliphatic carbocycles. The Labute approximate surface area is 236 Å². The summed E-state index contributed by atoms with van der Waals surface area (Å²) in [6.07, 6.45) is 1.85. The number of hydrogen-bond acceptors (Lipinski definition) is 5. The largest absolute Gasteiger partial charge is 0.379 e. The number of anilines is 2. The Hall–Kier alpha value is -3.23. The van der Waals surface area contributed by atoms with E-state index in [9.17, 15) is 8.42 Å². The van der Waals surface area contributed by atoms with E-state index in [0.29, 0.717) is 26.3 Å². The molecule has 6 rings (SSSR count). The number of ether oxygens (including phenoxy) is 1. The minimum Gasteiger partial charge on any atom is -0.379 e. The molecular weight excluding hydrogens is 541 g/mol. The molecule has 0 amide bonds. The van der Waals surface area contributed by atoms with Gasteiger partial charge in [0.2, 0.25) is 0 Å². The number of morpholine rings is 1. The van der Waals surface area contributed by atoms with E-state index in [4.69, 9.17) is 14.0 Å². The van der Waals surface area contributed by atoms with Crippen LogP contribution in [-0.2, 0) is 20.2 Å². The number of para-hydroxylation sites is 2. The highest BCUT2D eigenvalue weighted by molar-refractivity contribution is 7.95. The van der Waals surface area contributed by atoms with E-state index in [-0.39, 0.29) is 4.90 Å². The molecule has 8 nitrogen and oxygen atoms in total. The number of fused-ring (bicyclic) bond motifs is 1. The first-order chi connectivity index (χ1) is 19.2. The summed E-state index contributed by atoms with van der Waals surface area (Å²) >= 11 is 0. The van der Waals surface area contributed by atoms with Gasteiger partial charge in [-0.25, -0.2) is 9.45 Å². The monoisotopic (exact) mass is 575 g/mol. The maximum atomic E-state index is 14.2. The topological polar surface area (TPSA) is 77.8 Å². The highest BCUT2D eigenvalue weighted by Gasteiger charge is 2.51. The number of sulfonamides is 1. The van der Waals surface area contributed by atoms with Crippen molar-refractivity contribution in [2.75, 3.05) is 43.0 Å². The molecule has 0 radical (unpaired) electrons. The van der Waals surface area contributed by atoms with Crippen molar-refractivity contribution in [2.45, 2.75) is 31.1 Å². The number of benzene rings is 3. The number of nitrogens with zero attached hydrogens (tertiary/aromatic N) is 5. The molecule has 3 aliphatic rings. The lowest BCUT2D eigenvalue weighted by Gasteiger charge is -2.42. The first-order valence-electron chi connectivity index (χ1n) is 13.4. The summed E-state index contributed by atoms with van der Waals surface area (Å²) in [7, 11) is -5.24. The summed E-state index contributed by atoms with van der Waals surface area (Å²) in [5, 5.41) is 5.79. The fourth-order valence-corrected chi connectivity index (χ4v) is 12.1. The molecule has 3 heterocycles. The minimum atomic E-state index is -4.08. The van der Waals surface area contributed by atoms with Crippen molar-refractivity contribution < 1.29 is 13.2 Å². The lowest BCUT2D eigenvalue weighted by Crippen LogP contribution is -2.38. The number of likely N-dealkylation sites (N-methyl/N-ethyl adjacent to an activating group) is 1. The molecule has 0 unspecified atom stereocenters. The van der Waals surface area contributed by atoms with Crippen molar-refractivity contribution in [3.63, 3.8) is 0 Å². The maximum absolute atomic E-state index is 14.2. The molecule has 1 saturated heterocycles. The van der Waals surface area contributed by atoms with Crippen molar-refractivity contribution in [2.24, 2.45) is 9.25 Å². The SMILES string of the molecule is Cc1ccc(S(=O)(=O)N=[P@@]2(N3CCOCC3)/C(=C3/N(C)c4ccccc4C3(C)C)C=NN2c2ccccc2)cc1. The predicted octanol–water partition coefficient (Wildman–Crippen LogP) is 6.19. The lowest BCUT2D eigenvalue weighted by atomic mass is 9.84. The fraction of sp³-hybridized carbons (Fsp3) is 0.300. The summed E-state index contributed by atoms with van der Waals surface area (Å²) in [6, 6.07) is 25.0. The van der Waals surface area contributed by atoms with Crippen LogP contribution >= 0.6 is 7.36 Å². The highest BCUT2D eigenvalue weighted by Crippen LogP contribution is 2.70.